The summed E-state index contributed by atoms with van der Waals surface area (Å²) in [7, 11) is -1.54. The van der Waals surface area contributed by atoms with Crippen LogP contribution in [0.25, 0.3) is 22.3 Å². The molecule has 2 aliphatic rings. The molecule has 5 aromatic carbocycles. The summed E-state index contributed by atoms with van der Waals surface area (Å²) in [5.74, 6) is 0. The van der Waals surface area contributed by atoms with E-state index in [1.165, 1.54) is 44.5 Å². The maximum absolute atomic E-state index is 10.00. The fraction of sp³-hybridized carbons (Fsp3) is 0.167. The standard InChI is InChI=1S/C36H32BNO2/c1-35(2)31-14-7-5-12-27(31)29-18-16-25(21-33(29)35)38(24-11-9-10-23(20-24)37(39)40)26-17-19-30-28-13-6-8-15-32(28)36(3,4)34(30)22-26/h5-22,39-40H,1-4H3. The van der Waals surface area contributed by atoms with Crippen LogP contribution in [-0.4, -0.2) is 17.2 Å². The van der Waals surface area contributed by atoms with Gasteiger partial charge in [-0.3, -0.25) is 0 Å². The molecular formula is C36H32BNO2. The molecule has 0 bridgehead atoms. The molecule has 0 unspecified atom stereocenters. The molecule has 0 saturated carbocycles. The van der Waals surface area contributed by atoms with E-state index in [0.717, 1.165) is 17.1 Å². The van der Waals surface area contributed by atoms with Gasteiger partial charge in [-0.2, -0.15) is 0 Å². The van der Waals surface area contributed by atoms with Crippen molar-refractivity contribution in [3.05, 3.63) is 131 Å². The smallest absolute Gasteiger partial charge is 0.423 e. The average molecular weight is 521 g/mol. The highest BCUT2D eigenvalue weighted by Crippen LogP contribution is 2.52. The second-order valence-electron chi connectivity index (χ2n) is 12.1. The first-order chi connectivity index (χ1) is 19.2. The zero-order valence-electron chi connectivity index (χ0n) is 23.3. The summed E-state index contributed by atoms with van der Waals surface area (Å²) in [6.07, 6.45) is 0. The second kappa shape index (κ2) is 8.69. The number of anilines is 3. The number of rotatable bonds is 4. The molecule has 0 aromatic heterocycles. The van der Waals surface area contributed by atoms with E-state index in [1.807, 2.05) is 18.2 Å². The number of benzene rings is 5. The Morgan fingerprint density at radius 3 is 1.43 bits per heavy atom. The van der Waals surface area contributed by atoms with Gasteiger partial charge in [0.05, 0.1) is 0 Å². The van der Waals surface area contributed by atoms with Gasteiger partial charge in [-0.05, 0) is 86.4 Å². The van der Waals surface area contributed by atoms with Crippen molar-refractivity contribution in [2.75, 3.05) is 4.90 Å². The first kappa shape index (κ1) is 24.9. The van der Waals surface area contributed by atoms with E-state index in [0.29, 0.717) is 5.46 Å². The van der Waals surface area contributed by atoms with Crippen LogP contribution in [0, 0.1) is 0 Å². The van der Waals surface area contributed by atoms with E-state index in [4.69, 9.17) is 0 Å². The van der Waals surface area contributed by atoms with E-state index >= 15 is 0 Å². The molecule has 4 heteroatoms. The number of nitrogens with zero attached hydrogens (tertiary/aromatic N) is 1. The SMILES string of the molecule is CC1(C)c2ccccc2-c2ccc(N(c3cccc(B(O)O)c3)c3ccc4c(c3)C(C)(C)c3ccccc3-4)cc21. The first-order valence-electron chi connectivity index (χ1n) is 13.9. The molecule has 3 nitrogen and oxygen atoms in total. The van der Waals surface area contributed by atoms with Crippen molar-refractivity contribution in [2.24, 2.45) is 0 Å². The maximum atomic E-state index is 10.00. The van der Waals surface area contributed by atoms with E-state index in [1.54, 1.807) is 6.07 Å². The van der Waals surface area contributed by atoms with Crippen LogP contribution >= 0.6 is 0 Å². The van der Waals surface area contributed by atoms with Crippen LogP contribution in [-0.2, 0) is 10.8 Å². The molecule has 0 fully saturated rings. The largest absolute Gasteiger partial charge is 0.488 e. The van der Waals surface area contributed by atoms with Gasteiger partial charge in [-0.15, -0.1) is 0 Å². The summed E-state index contributed by atoms with van der Waals surface area (Å²) in [5, 5.41) is 20.0. The van der Waals surface area contributed by atoms with Crippen molar-refractivity contribution in [1.82, 2.24) is 0 Å². The molecule has 0 aliphatic heterocycles. The highest BCUT2D eigenvalue weighted by atomic mass is 16.4. The van der Waals surface area contributed by atoms with Crippen molar-refractivity contribution < 1.29 is 10.0 Å². The summed E-state index contributed by atoms with van der Waals surface area (Å²) >= 11 is 0. The molecule has 0 heterocycles. The molecule has 196 valence electrons. The van der Waals surface area contributed by atoms with Gasteiger partial charge in [0.2, 0.25) is 0 Å². The Morgan fingerprint density at radius 1 is 0.475 bits per heavy atom. The lowest BCUT2D eigenvalue weighted by molar-refractivity contribution is 0.426. The zero-order valence-corrected chi connectivity index (χ0v) is 23.3. The summed E-state index contributed by atoms with van der Waals surface area (Å²) < 4.78 is 0. The summed E-state index contributed by atoms with van der Waals surface area (Å²) in [6.45, 7) is 9.18. The van der Waals surface area contributed by atoms with Crippen molar-refractivity contribution in [1.29, 1.82) is 0 Å². The van der Waals surface area contributed by atoms with Gasteiger partial charge < -0.3 is 14.9 Å². The van der Waals surface area contributed by atoms with E-state index < -0.39 is 7.12 Å². The first-order valence-corrected chi connectivity index (χ1v) is 13.9. The van der Waals surface area contributed by atoms with Gasteiger partial charge in [0.15, 0.2) is 0 Å². The fourth-order valence-corrected chi connectivity index (χ4v) is 6.93. The molecular weight excluding hydrogens is 489 g/mol. The predicted molar refractivity (Wildman–Crippen MR) is 166 cm³/mol. The maximum Gasteiger partial charge on any atom is 0.488 e. The molecule has 0 atom stereocenters. The Bertz CT molecular complexity index is 1700. The minimum Gasteiger partial charge on any atom is -0.423 e. The van der Waals surface area contributed by atoms with Crippen LogP contribution in [0.15, 0.2) is 109 Å². The number of hydrogen-bond donors (Lipinski definition) is 2. The van der Waals surface area contributed by atoms with Gasteiger partial charge >= 0.3 is 7.12 Å². The Morgan fingerprint density at radius 2 is 0.925 bits per heavy atom. The molecule has 7 rings (SSSR count). The lowest BCUT2D eigenvalue weighted by Crippen LogP contribution is -2.30. The molecule has 5 aromatic rings. The van der Waals surface area contributed by atoms with Gasteiger partial charge in [0.25, 0.3) is 0 Å². The van der Waals surface area contributed by atoms with E-state index in [2.05, 4.69) is 118 Å². The number of fused-ring (bicyclic) bond motifs is 6. The van der Waals surface area contributed by atoms with Crippen molar-refractivity contribution >= 4 is 29.6 Å². The Hall–Kier alpha value is -4.12. The Labute approximate surface area is 236 Å². The average Bonchev–Trinajstić information content (AvgIpc) is 3.33. The molecule has 0 spiro atoms. The second-order valence-corrected chi connectivity index (χ2v) is 12.1. The van der Waals surface area contributed by atoms with Crippen LogP contribution in [0.1, 0.15) is 49.9 Å². The van der Waals surface area contributed by atoms with Crippen LogP contribution in [0.4, 0.5) is 17.1 Å². The summed E-state index contributed by atoms with van der Waals surface area (Å²) in [5.41, 5.74) is 13.6. The van der Waals surface area contributed by atoms with Crippen LogP contribution < -0.4 is 10.4 Å². The highest BCUT2D eigenvalue weighted by molar-refractivity contribution is 6.58. The van der Waals surface area contributed by atoms with E-state index in [9.17, 15) is 10.0 Å². The lowest BCUT2D eigenvalue weighted by Gasteiger charge is -2.30. The molecule has 0 saturated heterocycles. The van der Waals surface area contributed by atoms with Crippen molar-refractivity contribution in [2.45, 2.75) is 38.5 Å². The third-order valence-electron chi connectivity index (χ3n) is 9.08. The third-order valence-corrected chi connectivity index (χ3v) is 9.08. The molecule has 0 amide bonds. The van der Waals surface area contributed by atoms with Crippen LogP contribution in [0.5, 0.6) is 0 Å². The zero-order chi connectivity index (χ0) is 27.8. The Kier molecular flexibility index (Phi) is 5.41. The molecule has 40 heavy (non-hydrogen) atoms. The minimum absolute atomic E-state index is 0.127. The van der Waals surface area contributed by atoms with E-state index in [-0.39, 0.29) is 10.8 Å². The quantitative estimate of drug-likeness (QED) is 0.242. The van der Waals surface area contributed by atoms with Gasteiger partial charge in [0, 0.05) is 27.9 Å². The van der Waals surface area contributed by atoms with Gasteiger partial charge in [0.1, 0.15) is 0 Å². The van der Waals surface area contributed by atoms with Gasteiger partial charge in [-0.1, -0.05) is 100 Å². The summed E-state index contributed by atoms with van der Waals surface area (Å²) in [6, 6.07) is 38.4. The summed E-state index contributed by atoms with van der Waals surface area (Å²) in [4.78, 5) is 2.24. The molecule has 0 radical (unpaired) electrons. The van der Waals surface area contributed by atoms with Crippen molar-refractivity contribution in [3.8, 4) is 22.3 Å². The van der Waals surface area contributed by atoms with Gasteiger partial charge in [-0.25, -0.2) is 0 Å². The fourth-order valence-electron chi connectivity index (χ4n) is 6.93. The predicted octanol–water partition coefficient (Wildman–Crippen LogP) is 7.45. The lowest BCUT2D eigenvalue weighted by atomic mass is 9.80. The third kappa shape index (κ3) is 3.53. The topological polar surface area (TPSA) is 43.7 Å². The minimum atomic E-state index is -1.54. The highest BCUT2D eigenvalue weighted by Gasteiger charge is 2.37. The monoisotopic (exact) mass is 521 g/mol. The van der Waals surface area contributed by atoms with Crippen molar-refractivity contribution in [3.63, 3.8) is 0 Å². The van der Waals surface area contributed by atoms with Crippen LogP contribution in [0.3, 0.4) is 0 Å². The Balaban J connectivity index is 1.43. The number of hydrogen-bond acceptors (Lipinski definition) is 3. The molecule has 2 N–H and O–H groups in total. The molecule has 2 aliphatic carbocycles. The normalized spacial score (nSPS) is 15.2. The van der Waals surface area contributed by atoms with Crippen LogP contribution in [0.2, 0.25) is 0 Å².